The number of hydrogen-bond acceptors (Lipinski definition) is 2. The molecule has 13 heavy (non-hydrogen) atoms. The maximum Gasteiger partial charge on any atom is 0.223 e. The van der Waals surface area contributed by atoms with Crippen LogP contribution < -0.4 is 5.32 Å². The van der Waals surface area contributed by atoms with Crippen molar-refractivity contribution in [1.29, 1.82) is 0 Å². The summed E-state index contributed by atoms with van der Waals surface area (Å²) < 4.78 is 0. The van der Waals surface area contributed by atoms with Gasteiger partial charge in [-0.1, -0.05) is 0 Å². The van der Waals surface area contributed by atoms with E-state index in [1.165, 1.54) is 0 Å². The lowest BCUT2D eigenvalue weighted by molar-refractivity contribution is -0.138. The first kappa shape index (κ1) is 9.00. The third-order valence-electron chi connectivity index (χ3n) is 3.29. The Morgan fingerprint density at radius 3 is 2.77 bits per heavy atom. The number of rotatable bonds is 1. The summed E-state index contributed by atoms with van der Waals surface area (Å²) in [6, 6.07) is 0.369. The summed E-state index contributed by atoms with van der Waals surface area (Å²) >= 11 is 0. The van der Waals surface area contributed by atoms with Crippen LogP contribution in [0.4, 0.5) is 0 Å². The van der Waals surface area contributed by atoms with Crippen LogP contribution in [0.15, 0.2) is 0 Å². The highest BCUT2D eigenvalue weighted by Gasteiger charge is 2.37. The highest BCUT2D eigenvalue weighted by atomic mass is 16.2. The minimum atomic E-state index is 0.347. The quantitative estimate of drug-likeness (QED) is 0.639. The molecule has 0 aromatic heterocycles. The summed E-state index contributed by atoms with van der Waals surface area (Å²) in [5.41, 5.74) is 0. The van der Waals surface area contributed by atoms with E-state index in [1.807, 2.05) is 4.90 Å². The van der Waals surface area contributed by atoms with Crippen LogP contribution >= 0.6 is 0 Å². The highest BCUT2D eigenvalue weighted by molar-refractivity contribution is 5.77. The molecule has 0 spiro atoms. The number of likely N-dealkylation sites (tertiary alicyclic amines) is 1. The first-order chi connectivity index (χ1) is 6.18. The van der Waals surface area contributed by atoms with Crippen LogP contribution in [0.2, 0.25) is 0 Å². The van der Waals surface area contributed by atoms with E-state index < -0.39 is 0 Å². The number of nitrogens with one attached hydrogen (secondary N) is 1. The Morgan fingerprint density at radius 1 is 1.38 bits per heavy atom. The van der Waals surface area contributed by atoms with E-state index in [-0.39, 0.29) is 0 Å². The maximum absolute atomic E-state index is 11.7. The van der Waals surface area contributed by atoms with Crippen molar-refractivity contribution in [1.82, 2.24) is 10.2 Å². The Labute approximate surface area is 79.5 Å². The van der Waals surface area contributed by atoms with Gasteiger partial charge in [-0.05, 0) is 38.8 Å². The molecule has 2 unspecified atom stereocenters. The molecule has 0 radical (unpaired) electrons. The van der Waals surface area contributed by atoms with Gasteiger partial charge in [0.1, 0.15) is 0 Å². The van der Waals surface area contributed by atoms with Gasteiger partial charge in [-0.3, -0.25) is 4.79 Å². The Hall–Kier alpha value is -0.570. The molecule has 2 rings (SSSR count). The van der Waals surface area contributed by atoms with Gasteiger partial charge in [-0.25, -0.2) is 0 Å². The third kappa shape index (κ3) is 1.57. The van der Waals surface area contributed by atoms with E-state index in [0.717, 1.165) is 26.1 Å². The zero-order chi connectivity index (χ0) is 9.42. The number of carbonyl (C=O) groups excluding carboxylic acids is 1. The van der Waals surface area contributed by atoms with E-state index in [2.05, 4.69) is 19.2 Å². The summed E-state index contributed by atoms with van der Waals surface area (Å²) in [5, 5.41) is 3.37. The number of hydrogen-bond donors (Lipinski definition) is 1. The summed E-state index contributed by atoms with van der Waals surface area (Å²) in [7, 11) is 0. The van der Waals surface area contributed by atoms with E-state index in [0.29, 0.717) is 23.8 Å². The zero-order valence-electron chi connectivity index (χ0n) is 8.42. The number of nitrogens with zero attached hydrogens (tertiary/aromatic N) is 1. The van der Waals surface area contributed by atoms with Crippen molar-refractivity contribution in [3.8, 4) is 0 Å². The normalized spacial score (nSPS) is 34.1. The van der Waals surface area contributed by atoms with Crippen molar-refractivity contribution in [2.45, 2.75) is 26.3 Å². The molecule has 0 saturated carbocycles. The van der Waals surface area contributed by atoms with E-state index in [1.54, 1.807) is 0 Å². The Balaban J connectivity index is 2.05. The van der Waals surface area contributed by atoms with Gasteiger partial charge in [0.05, 0.1) is 0 Å². The topological polar surface area (TPSA) is 32.3 Å². The molecule has 2 saturated heterocycles. The monoisotopic (exact) mass is 182 g/mol. The largest absolute Gasteiger partial charge is 0.340 e. The first-order valence-electron chi connectivity index (χ1n) is 5.18. The number of amides is 1. The Kier molecular flexibility index (Phi) is 2.28. The fourth-order valence-electron chi connectivity index (χ4n) is 2.43. The molecule has 2 fully saturated rings. The van der Waals surface area contributed by atoms with Gasteiger partial charge >= 0.3 is 0 Å². The highest BCUT2D eigenvalue weighted by Crippen LogP contribution is 2.28. The molecule has 0 aromatic rings. The van der Waals surface area contributed by atoms with Crippen LogP contribution in [0.3, 0.4) is 0 Å². The summed E-state index contributed by atoms with van der Waals surface area (Å²) in [6.07, 6.45) is 0.760. The second-order valence-corrected chi connectivity index (χ2v) is 4.52. The lowest BCUT2D eigenvalue weighted by Crippen LogP contribution is -2.47. The second-order valence-electron chi connectivity index (χ2n) is 4.52. The zero-order valence-corrected chi connectivity index (χ0v) is 8.42. The average Bonchev–Trinajstić information content (AvgIpc) is 2.48. The van der Waals surface area contributed by atoms with Gasteiger partial charge < -0.3 is 10.2 Å². The van der Waals surface area contributed by atoms with E-state index >= 15 is 0 Å². The van der Waals surface area contributed by atoms with Crippen LogP contribution in [0.1, 0.15) is 20.3 Å². The predicted octanol–water partition coefficient (Wildman–Crippen LogP) is 0.463. The third-order valence-corrected chi connectivity index (χ3v) is 3.29. The smallest absolute Gasteiger partial charge is 0.223 e. The lowest BCUT2D eigenvalue weighted by atomic mass is 9.87. The molecular formula is C10H18N2O. The molecule has 0 aromatic carbocycles. The van der Waals surface area contributed by atoms with E-state index in [4.69, 9.17) is 0 Å². The molecule has 1 amide bonds. The summed E-state index contributed by atoms with van der Waals surface area (Å²) in [5.74, 6) is 1.67. The standard InChI is InChI=1S/C10H18N2O/c1-7(2)12-6-9-5-11-4-8(9)3-10(12)13/h7-9,11H,3-6H2,1-2H3. The molecule has 2 heterocycles. The van der Waals surface area contributed by atoms with Gasteiger partial charge in [0, 0.05) is 19.0 Å². The lowest BCUT2D eigenvalue weighted by Gasteiger charge is -2.36. The van der Waals surface area contributed by atoms with Gasteiger partial charge in [-0.2, -0.15) is 0 Å². The summed E-state index contributed by atoms with van der Waals surface area (Å²) in [6.45, 7) is 7.30. The summed E-state index contributed by atoms with van der Waals surface area (Å²) in [4.78, 5) is 13.7. The predicted molar refractivity (Wildman–Crippen MR) is 51.3 cm³/mol. The van der Waals surface area contributed by atoms with Crippen molar-refractivity contribution < 1.29 is 4.79 Å². The molecule has 0 aliphatic carbocycles. The van der Waals surface area contributed by atoms with Crippen molar-refractivity contribution in [3.05, 3.63) is 0 Å². The maximum atomic E-state index is 11.7. The van der Waals surface area contributed by atoms with Crippen LogP contribution in [0, 0.1) is 11.8 Å². The molecule has 2 aliphatic rings. The second kappa shape index (κ2) is 3.29. The van der Waals surface area contributed by atoms with Crippen LogP contribution in [-0.4, -0.2) is 36.5 Å². The van der Waals surface area contributed by atoms with Crippen molar-refractivity contribution in [2.24, 2.45) is 11.8 Å². The van der Waals surface area contributed by atoms with Gasteiger partial charge in [-0.15, -0.1) is 0 Å². The molecule has 2 aliphatic heterocycles. The van der Waals surface area contributed by atoms with Crippen molar-refractivity contribution in [3.63, 3.8) is 0 Å². The van der Waals surface area contributed by atoms with Gasteiger partial charge in [0.2, 0.25) is 5.91 Å². The molecule has 2 atom stereocenters. The Morgan fingerprint density at radius 2 is 2.08 bits per heavy atom. The first-order valence-corrected chi connectivity index (χ1v) is 5.18. The SMILES string of the molecule is CC(C)N1CC2CNCC2CC1=O. The number of fused-ring (bicyclic) bond motifs is 1. The van der Waals surface area contributed by atoms with E-state index in [9.17, 15) is 4.79 Å². The number of piperidine rings is 1. The average molecular weight is 182 g/mol. The minimum Gasteiger partial charge on any atom is -0.340 e. The van der Waals surface area contributed by atoms with Crippen LogP contribution in [0.5, 0.6) is 0 Å². The molecule has 74 valence electrons. The Bertz CT molecular complexity index is 215. The van der Waals surface area contributed by atoms with Crippen LogP contribution in [0.25, 0.3) is 0 Å². The van der Waals surface area contributed by atoms with Crippen molar-refractivity contribution in [2.75, 3.05) is 19.6 Å². The fourth-order valence-corrected chi connectivity index (χ4v) is 2.43. The molecule has 1 N–H and O–H groups in total. The fraction of sp³-hybridized carbons (Fsp3) is 0.900. The molecule has 3 nitrogen and oxygen atoms in total. The molecule has 3 heteroatoms. The van der Waals surface area contributed by atoms with Crippen LogP contribution in [-0.2, 0) is 4.79 Å². The number of carbonyl (C=O) groups is 1. The van der Waals surface area contributed by atoms with Gasteiger partial charge in [0.15, 0.2) is 0 Å². The molecular weight excluding hydrogens is 164 g/mol. The minimum absolute atomic E-state index is 0.347. The molecule has 0 bridgehead atoms. The van der Waals surface area contributed by atoms with Gasteiger partial charge in [0.25, 0.3) is 0 Å². The van der Waals surface area contributed by atoms with Crippen molar-refractivity contribution >= 4 is 5.91 Å².